The van der Waals surface area contributed by atoms with Crippen molar-refractivity contribution < 1.29 is 24.5 Å². The van der Waals surface area contributed by atoms with Crippen LogP contribution in [-0.4, -0.2) is 46.9 Å². The number of carbonyl (C=O) groups is 2. The van der Waals surface area contributed by atoms with Crippen LogP contribution in [0.5, 0.6) is 0 Å². The Morgan fingerprint density at radius 2 is 0.787 bits per heavy atom. The molecule has 0 radical (unpaired) electrons. The second-order valence-electron chi connectivity index (χ2n) is 19.0. The molecule has 0 saturated carbocycles. The zero-order valence-corrected chi connectivity index (χ0v) is 41.3. The van der Waals surface area contributed by atoms with Crippen LogP contribution in [0.2, 0.25) is 0 Å². The zero-order valence-electron chi connectivity index (χ0n) is 41.3. The van der Waals surface area contributed by atoms with E-state index >= 15 is 0 Å². The van der Waals surface area contributed by atoms with E-state index in [2.05, 4.69) is 38.2 Å². The number of unbranched alkanes of at least 4 members (excludes halogenated alkanes) is 36. The summed E-state index contributed by atoms with van der Waals surface area (Å²) in [4.78, 5) is 26.1. The maximum Gasteiger partial charge on any atom is 0.306 e. The SMILES string of the molecule is CCCCC/C=C\CCCCCC(CC(=O)NC(CO)C(O)CCCCCCCCCCCCCCCCCCC)OC(=O)CCCCCCCCCCCCCCCCC. The van der Waals surface area contributed by atoms with E-state index in [9.17, 15) is 19.8 Å². The van der Waals surface area contributed by atoms with Gasteiger partial charge in [-0.2, -0.15) is 0 Å². The molecule has 0 saturated heterocycles. The van der Waals surface area contributed by atoms with Crippen molar-refractivity contribution in [2.24, 2.45) is 0 Å². The van der Waals surface area contributed by atoms with Crippen LogP contribution in [0.4, 0.5) is 0 Å². The number of rotatable bonds is 50. The lowest BCUT2D eigenvalue weighted by Crippen LogP contribution is -2.46. The molecule has 0 bridgehead atoms. The first-order chi connectivity index (χ1) is 30.0. The molecule has 3 atom stereocenters. The number of nitrogens with one attached hydrogen (secondary N) is 1. The van der Waals surface area contributed by atoms with Gasteiger partial charge in [0.15, 0.2) is 0 Å². The van der Waals surface area contributed by atoms with Crippen molar-refractivity contribution in [3.63, 3.8) is 0 Å². The van der Waals surface area contributed by atoms with Gasteiger partial charge >= 0.3 is 5.97 Å². The molecule has 6 heteroatoms. The molecule has 0 heterocycles. The fourth-order valence-electron chi connectivity index (χ4n) is 8.66. The number of ether oxygens (including phenoxy) is 1. The van der Waals surface area contributed by atoms with Crippen molar-refractivity contribution in [3.05, 3.63) is 12.2 Å². The molecule has 362 valence electrons. The van der Waals surface area contributed by atoms with Gasteiger partial charge in [-0.3, -0.25) is 9.59 Å². The van der Waals surface area contributed by atoms with E-state index in [0.29, 0.717) is 19.3 Å². The fourth-order valence-corrected chi connectivity index (χ4v) is 8.66. The van der Waals surface area contributed by atoms with Gasteiger partial charge in [0.2, 0.25) is 5.91 Å². The summed E-state index contributed by atoms with van der Waals surface area (Å²) in [6.45, 7) is 6.49. The monoisotopic (exact) mass is 862 g/mol. The summed E-state index contributed by atoms with van der Waals surface area (Å²) in [5, 5.41) is 23.8. The van der Waals surface area contributed by atoms with E-state index in [4.69, 9.17) is 4.74 Å². The molecule has 0 aromatic rings. The summed E-state index contributed by atoms with van der Waals surface area (Å²) in [5.41, 5.74) is 0. The van der Waals surface area contributed by atoms with E-state index in [1.54, 1.807) is 0 Å². The lowest BCUT2D eigenvalue weighted by Gasteiger charge is -2.24. The molecule has 1 amide bonds. The van der Waals surface area contributed by atoms with Crippen LogP contribution < -0.4 is 5.32 Å². The van der Waals surface area contributed by atoms with Crippen molar-refractivity contribution in [2.45, 2.75) is 322 Å². The minimum Gasteiger partial charge on any atom is -0.462 e. The van der Waals surface area contributed by atoms with Gasteiger partial charge in [-0.25, -0.2) is 0 Å². The maximum absolute atomic E-state index is 13.2. The highest BCUT2D eigenvalue weighted by Crippen LogP contribution is 2.18. The molecular formula is C55H107NO5. The van der Waals surface area contributed by atoms with Crippen LogP contribution in [0.15, 0.2) is 12.2 Å². The molecule has 0 aromatic carbocycles. The summed E-state index contributed by atoms with van der Waals surface area (Å²) in [5.74, 6) is -0.472. The van der Waals surface area contributed by atoms with Gasteiger partial charge in [-0.1, -0.05) is 251 Å². The molecule has 3 unspecified atom stereocenters. The number of carbonyl (C=O) groups excluding carboxylic acids is 2. The number of allylic oxidation sites excluding steroid dienone is 2. The Bertz CT molecular complexity index is 924. The van der Waals surface area contributed by atoms with Crippen LogP contribution in [0.3, 0.4) is 0 Å². The molecule has 0 rings (SSSR count). The molecular weight excluding hydrogens is 755 g/mol. The third kappa shape index (κ3) is 45.0. The van der Waals surface area contributed by atoms with E-state index < -0.39 is 18.2 Å². The molecule has 0 fully saturated rings. The lowest BCUT2D eigenvalue weighted by atomic mass is 10.0. The third-order valence-electron chi connectivity index (χ3n) is 12.8. The minimum absolute atomic E-state index is 0.0737. The molecule has 0 spiro atoms. The minimum atomic E-state index is -0.786. The van der Waals surface area contributed by atoms with Crippen LogP contribution >= 0.6 is 0 Å². The number of hydrogen-bond acceptors (Lipinski definition) is 5. The Kier molecular flexibility index (Phi) is 48.5. The third-order valence-corrected chi connectivity index (χ3v) is 12.8. The second-order valence-corrected chi connectivity index (χ2v) is 19.0. The first-order valence-electron chi connectivity index (χ1n) is 27.4. The van der Waals surface area contributed by atoms with Gasteiger partial charge in [0, 0.05) is 6.42 Å². The highest BCUT2D eigenvalue weighted by atomic mass is 16.5. The number of aliphatic hydroxyl groups is 2. The van der Waals surface area contributed by atoms with E-state index in [1.807, 2.05) is 0 Å². The van der Waals surface area contributed by atoms with Crippen LogP contribution in [0.25, 0.3) is 0 Å². The predicted molar refractivity (Wildman–Crippen MR) is 264 cm³/mol. The quantitative estimate of drug-likeness (QED) is 0.0322. The summed E-state index contributed by atoms with van der Waals surface area (Å²) < 4.78 is 5.93. The highest BCUT2D eigenvalue weighted by Gasteiger charge is 2.24. The van der Waals surface area contributed by atoms with Crippen molar-refractivity contribution >= 4 is 11.9 Å². The van der Waals surface area contributed by atoms with Crippen LogP contribution in [0, 0.1) is 0 Å². The Morgan fingerprint density at radius 3 is 1.20 bits per heavy atom. The largest absolute Gasteiger partial charge is 0.462 e. The predicted octanol–water partition coefficient (Wildman–Crippen LogP) is 16.5. The van der Waals surface area contributed by atoms with E-state index in [1.165, 1.54) is 193 Å². The highest BCUT2D eigenvalue weighted by molar-refractivity contribution is 5.77. The van der Waals surface area contributed by atoms with Crippen LogP contribution in [-0.2, 0) is 14.3 Å². The van der Waals surface area contributed by atoms with Crippen molar-refractivity contribution in [1.82, 2.24) is 5.32 Å². The first-order valence-corrected chi connectivity index (χ1v) is 27.4. The van der Waals surface area contributed by atoms with Crippen molar-refractivity contribution in [1.29, 1.82) is 0 Å². The average Bonchev–Trinajstić information content (AvgIpc) is 3.25. The number of aliphatic hydroxyl groups excluding tert-OH is 2. The average molecular weight is 862 g/mol. The van der Waals surface area contributed by atoms with Gasteiger partial charge in [0.05, 0.1) is 25.2 Å². The Labute approximate surface area is 380 Å². The molecule has 61 heavy (non-hydrogen) atoms. The normalized spacial score (nSPS) is 13.2. The summed E-state index contributed by atoms with van der Waals surface area (Å²) in [6, 6.07) is -0.700. The Hall–Kier alpha value is -1.40. The van der Waals surface area contributed by atoms with Crippen molar-refractivity contribution in [2.75, 3.05) is 6.61 Å². The van der Waals surface area contributed by atoms with E-state index in [0.717, 1.165) is 64.2 Å². The first kappa shape index (κ1) is 59.6. The number of esters is 1. The van der Waals surface area contributed by atoms with Gasteiger partial charge in [0.1, 0.15) is 6.10 Å². The number of hydrogen-bond donors (Lipinski definition) is 3. The van der Waals surface area contributed by atoms with Gasteiger partial charge in [0.25, 0.3) is 0 Å². The topological polar surface area (TPSA) is 95.9 Å². The Balaban J connectivity index is 4.41. The van der Waals surface area contributed by atoms with E-state index in [-0.39, 0.29) is 24.9 Å². The van der Waals surface area contributed by atoms with Crippen molar-refractivity contribution in [3.8, 4) is 0 Å². The lowest BCUT2D eigenvalue weighted by molar-refractivity contribution is -0.151. The summed E-state index contributed by atoms with van der Waals surface area (Å²) in [6.07, 6.45) is 55.7. The maximum atomic E-state index is 13.2. The molecule has 6 nitrogen and oxygen atoms in total. The molecule has 0 aliphatic rings. The summed E-state index contributed by atoms with van der Waals surface area (Å²) >= 11 is 0. The zero-order chi connectivity index (χ0) is 44.5. The molecule has 0 aliphatic heterocycles. The molecule has 0 aliphatic carbocycles. The standard InChI is InChI=1S/C55H107NO5/c1-4-7-10-13-16-19-22-24-26-27-29-30-32-35-38-41-44-47-53(58)52(50-57)56-54(59)49-51(46-43-40-37-34-21-18-15-12-9-6-3)61-55(60)48-45-42-39-36-33-31-28-25-23-20-17-14-11-8-5-2/h18,21,51-53,57-58H,4-17,19-20,22-50H2,1-3H3,(H,56,59)/b21-18-. The Morgan fingerprint density at radius 1 is 0.459 bits per heavy atom. The molecule has 0 aromatic heterocycles. The summed E-state index contributed by atoms with van der Waals surface area (Å²) in [7, 11) is 0. The van der Waals surface area contributed by atoms with Gasteiger partial charge in [-0.05, 0) is 51.4 Å². The fraction of sp³-hybridized carbons (Fsp3) is 0.927. The smallest absolute Gasteiger partial charge is 0.306 e. The van der Waals surface area contributed by atoms with Crippen LogP contribution in [0.1, 0.15) is 303 Å². The second kappa shape index (κ2) is 49.6. The number of amides is 1. The van der Waals surface area contributed by atoms with Gasteiger partial charge < -0.3 is 20.3 Å². The van der Waals surface area contributed by atoms with Gasteiger partial charge in [-0.15, -0.1) is 0 Å². The molecule has 3 N–H and O–H groups in total.